The van der Waals surface area contributed by atoms with Crippen LogP contribution in [0.15, 0.2) is 48.5 Å². The van der Waals surface area contributed by atoms with Gasteiger partial charge in [-0.2, -0.15) is 0 Å². The summed E-state index contributed by atoms with van der Waals surface area (Å²) in [5, 5.41) is 4.24. The fourth-order valence-electron chi connectivity index (χ4n) is 3.16. The summed E-state index contributed by atoms with van der Waals surface area (Å²) in [6.07, 6.45) is 2.34. The van der Waals surface area contributed by atoms with Crippen LogP contribution in [0.5, 0.6) is 0 Å². The minimum atomic E-state index is 0.472. The van der Waals surface area contributed by atoms with Crippen molar-refractivity contribution >= 4 is 11.6 Å². The Morgan fingerprint density at radius 3 is 2.53 bits per heavy atom. The molecule has 0 fully saturated rings. The normalized spacial score (nSPS) is 22.0. The molecule has 19 heavy (non-hydrogen) atoms. The first-order chi connectivity index (χ1) is 9.29. The maximum Gasteiger partial charge on any atom is 0.0408 e. The Morgan fingerprint density at radius 1 is 1.00 bits per heavy atom. The van der Waals surface area contributed by atoms with E-state index < -0.39 is 0 Å². The average Bonchev–Trinajstić information content (AvgIpc) is 2.46. The van der Waals surface area contributed by atoms with Gasteiger partial charge >= 0.3 is 0 Å². The van der Waals surface area contributed by atoms with Gasteiger partial charge in [-0.25, -0.2) is 0 Å². The molecular formula is C17H18ClN. The highest BCUT2D eigenvalue weighted by atomic mass is 35.5. The third-order valence-corrected chi connectivity index (χ3v) is 4.33. The van der Waals surface area contributed by atoms with Gasteiger partial charge in [0.15, 0.2) is 0 Å². The quantitative estimate of drug-likeness (QED) is 0.846. The second-order valence-corrected chi connectivity index (χ2v) is 5.59. The summed E-state index contributed by atoms with van der Waals surface area (Å²) in [5.74, 6) is 0.472. The molecule has 2 aromatic carbocycles. The van der Waals surface area contributed by atoms with Crippen molar-refractivity contribution < 1.29 is 0 Å². The van der Waals surface area contributed by atoms with Crippen molar-refractivity contribution in [3.05, 3.63) is 70.2 Å². The average molecular weight is 272 g/mol. The fraction of sp³-hybridized carbons (Fsp3) is 0.294. The van der Waals surface area contributed by atoms with E-state index in [1.165, 1.54) is 29.5 Å². The molecule has 2 heteroatoms. The minimum Gasteiger partial charge on any atom is -0.313 e. The van der Waals surface area contributed by atoms with Crippen LogP contribution in [0.25, 0.3) is 0 Å². The lowest BCUT2D eigenvalue weighted by atomic mass is 9.77. The zero-order chi connectivity index (χ0) is 13.2. The molecule has 0 saturated carbocycles. The molecular weight excluding hydrogens is 254 g/mol. The fourth-order valence-corrected chi connectivity index (χ4v) is 3.36. The van der Waals surface area contributed by atoms with Gasteiger partial charge in [0.25, 0.3) is 0 Å². The van der Waals surface area contributed by atoms with E-state index in [0.29, 0.717) is 12.0 Å². The van der Waals surface area contributed by atoms with Crippen LogP contribution in [0.2, 0.25) is 5.02 Å². The van der Waals surface area contributed by atoms with Crippen molar-refractivity contribution in [3.8, 4) is 0 Å². The molecule has 1 aliphatic rings. The van der Waals surface area contributed by atoms with E-state index in [2.05, 4.69) is 41.7 Å². The lowest BCUT2D eigenvalue weighted by Crippen LogP contribution is -2.24. The molecule has 0 bridgehead atoms. The van der Waals surface area contributed by atoms with Gasteiger partial charge in [-0.05, 0) is 48.7 Å². The van der Waals surface area contributed by atoms with Crippen molar-refractivity contribution in [2.45, 2.75) is 24.8 Å². The first-order valence-electron chi connectivity index (χ1n) is 6.81. The molecule has 3 rings (SSSR count). The van der Waals surface area contributed by atoms with E-state index >= 15 is 0 Å². The van der Waals surface area contributed by atoms with Gasteiger partial charge in [0.1, 0.15) is 0 Å². The highest BCUT2D eigenvalue weighted by molar-refractivity contribution is 6.30. The second-order valence-electron chi connectivity index (χ2n) is 5.16. The highest BCUT2D eigenvalue weighted by Crippen LogP contribution is 2.41. The Kier molecular flexibility index (Phi) is 3.58. The van der Waals surface area contributed by atoms with Gasteiger partial charge in [0.05, 0.1) is 0 Å². The van der Waals surface area contributed by atoms with Crippen LogP contribution < -0.4 is 5.32 Å². The van der Waals surface area contributed by atoms with Crippen LogP contribution in [-0.2, 0) is 0 Å². The van der Waals surface area contributed by atoms with Crippen LogP contribution in [0, 0.1) is 0 Å². The van der Waals surface area contributed by atoms with Crippen molar-refractivity contribution in [2.24, 2.45) is 0 Å². The summed E-state index contributed by atoms with van der Waals surface area (Å²) in [4.78, 5) is 0. The first-order valence-corrected chi connectivity index (χ1v) is 7.19. The summed E-state index contributed by atoms with van der Waals surface area (Å²) in [7, 11) is 2.04. The number of hydrogen-bond donors (Lipinski definition) is 1. The zero-order valence-corrected chi connectivity index (χ0v) is 11.8. The molecule has 0 unspecified atom stereocenters. The second kappa shape index (κ2) is 5.36. The van der Waals surface area contributed by atoms with Crippen molar-refractivity contribution in [2.75, 3.05) is 7.05 Å². The molecule has 0 radical (unpaired) electrons. The number of benzene rings is 2. The predicted molar refractivity (Wildman–Crippen MR) is 80.8 cm³/mol. The number of halogens is 1. The molecule has 1 N–H and O–H groups in total. The van der Waals surface area contributed by atoms with E-state index in [1.54, 1.807) is 0 Å². The van der Waals surface area contributed by atoms with E-state index in [-0.39, 0.29) is 0 Å². The molecule has 0 spiro atoms. The molecule has 2 aromatic rings. The molecule has 0 saturated heterocycles. The Balaban J connectivity index is 2.05. The third kappa shape index (κ3) is 2.41. The SMILES string of the molecule is CN[C@H]1CC[C@@H](c2cccc(Cl)c2)c2ccccc21. The van der Waals surface area contributed by atoms with Gasteiger partial charge in [-0.1, -0.05) is 48.0 Å². The van der Waals surface area contributed by atoms with Gasteiger partial charge in [-0.3, -0.25) is 0 Å². The number of nitrogens with one attached hydrogen (secondary N) is 1. The lowest BCUT2D eigenvalue weighted by Gasteiger charge is -2.31. The monoisotopic (exact) mass is 271 g/mol. The van der Waals surface area contributed by atoms with E-state index in [9.17, 15) is 0 Å². The summed E-state index contributed by atoms with van der Waals surface area (Å²) in [6.45, 7) is 0. The van der Waals surface area contributed by atoms with E-state index in [4.69, 9.17) is 11.6 Å². The predicted octanol–water partition coefficient (Wildman–Crippen LogP) is 4.53. The summed E-state index contributed by atoms with van der Waals surface area (Å²) < 4.78 is 0. The van der Waals surface area contributed by atoms with Crippen LogP contribution in [0.1, 0.15) is 41.5 Å². The van der Waals surface area contributed by atoms with Crippen LogP contribution in [0.4, 0.5) is 0 Å². The van der Waals surface area contributed by atoms with Crippen LogP contribution in [0.3, 0.4) is 0 Å². The van der Waals surface area contributed by atoms with Crippen LogP contribution >= 0.6 is 11.6 Å². The first kappa shape index (κ1) is 12.7. The summed E-state index contributed by atoms with van der Waals surface area (Å²) in [5.41, 5.74) is 4.20. The molecule has 1 nitrogen and oxygen atoms in total. The largest absolute Gasteiger partial charge is 0.313 e. The van der Waals surface area contributed by atoms with Gasteiger partial charge in [-0.15, -0.1) is 0 Å². The standard InChI is InChI=1S/C17H18ClN/c1-19-17-10-9-14(12-5-4-6-13(18)11-12)15-7-2-3-8-16(15)17/h2-8,11,14,17,19H,9-10H2,1H3/t14-,17-/m0/s1. The van der Waals surface area contributed by atoms with Gasteiger partial charge < -0.3 is 5.32 Å². The Bertz CT molecular complexity index is 579. The lowest BCUT2D eigenvalue weighted by molar-refractivity contribution is 0.471. The van der Waals surface area contributed by atoms with Crippen molar-refractivity contribution in [3.63, 3.8) is 0 Å². The molecule has 0 aromatic heterocycles. The van der Waals surface area contributed by atoms with Gasteiger partial charge in [0.2, 0.25) is 0 Å². The molecule has 0 aliphatic heterocycles. The number of hydrogen-bond acceptors (Lipinski definition) is 1. The Labute approximate surface area is 119 Å². The van der Waals surface area contributed by atoms with E-state index in [0.717, 1.165) is 5.02 Å². The molecule has 2 atom stereocenters. The molecule has 1 aliphatic carbocycles. The number of rotatable bonds is 2. The summed E-state index contributed by atoms with van der Waals surface area (Å²) >= 11 is 6.13. The third-order valence-electron chi connectivity index (χ3n) is 4.09. The Morgan fingerprint density at radius 2 is 1.79 bits per heavy atom. The molecule has 98 valence electrons. The number of fused-ring (bicyclic) bond motifs is 1. The van der Waals surface area contributed by atoms with E-state index in [1.807, 2.05) is 19.2 Å². The van der Waals surface area contributed by atoms with Crippen LogP contribution in [-0.4, -0.2) is 7.05 Å². The Hall–Kier alpha value is -1.31. The smallest absolute Gasteiger partial charge is 0.0408 e. The minimum absolute atomic E-state index is 0.472. The molecule has 0 heterocycles. The van der Waals surface area contributed by atoms with Crippen molar-refractivity contribution in [1.82, 2.24) is 5.32 Å². The zero-order valence-electron chi connectivity index (χ0n) is 11.1. The maximum atomic E-state index is 6.13. The topological polar surface area (TPSA) is 12.0 Å². The molecule has 0 amide bonds. The van der Waals surface area contributed by atoms with Gasteiger partial charge in [0, 0.05) is 17.0 Å². The highest BCUT2D eigenvalue weighted by Gasteiger charge is 2.26. The van der Waals surface area contributed by atoms with Crippen molar-refractivity contribution in [1.29, 1.82) is 0 Å². The maximum absolute atomic E-state index is 6.13. The summed E-state index contributed by atoms with van der Waals surface area (Å²) in [6, 6.07) is 17.5.